The Bertz CT molecular complexity index is 805. The van der Waals surface area contributed by atoms with Crippen molar-refractivity contribution in [3.05, 3.63) is 41.4 Å². The summed E-state index contributed by atoms with van der Waals surface area (Å²) in [4.78, 5) is 26.4. The molecule has 8 heteroatoms. The van der Waals surface area contributed by atoms with Crippen molar-refractivity contribution in [1.29, 1.82) is 0 Å². The van der Waals surface area contributed by atoms with E-state index in [1.807, 2.05) is 13.8 Å². The van der Waals surface area contributed by atoms with Crippen molar-refractivity contribution in [2.45, 2.75) is 39.2 Å². The average molecular weight is 346 g/mol. The molecule has 1 atom stereocenters. The number of nitrogens with one attached hydrogen (secondary N) is 1. The third kappa shape index (κ3) is 3.52. The fourth-order valence-corrected chi connectivity index (χ4v) is 2.88. The number of halogens is 1. The van der Waals surface area contributed by atoms with E-state index < -0.39 is 11.7 Å². The monoisotopic (exact) mass is 346 g/mol. The number of amides is 2. The number of fused-ring (bicyclic) bond motifs is 1. The van der Waals surface area contributed by atoms with Crippen LogP contribution in [-0.4, -0.2) is 33.5 Å². The van der Waals surface area contributed by atoms with E-state index in [1.54, 1.807) is 0 Å². The summed E-state index contributed by atoms with van der Waals surface area (Å²) in [6.45, 7) is 4.28. The van der Waals surface area contributed by atoms with E-state index >= 15 is 0 Å². The van der Waals surface area contributed by atoms with Crippen LogP contribution in [0, 0.1) is 5.82 Å². The number of rotatable bonds is 5. The Morgan fingerprint density at radius 2 is 2.12 bits per heavy atom. The molecule has 1 aromatic heterocycles. The van der Waals surface area contributed by atoms with E-state index in [1.165, 1.54) is 23.1 Å². The van der Waals surface area contributed by atoms with Crippen LogP contribution in [0.25, 0.3) is 0 Å². The fourth-order valence-electron chi connectivity index (χ4n) is 2.88. The second kappa shape index (κ2) is 7.00. The molecule has 0 fully saturated rings. The second-order valence-electron chi connectivity index (χ2n) is 5.83. The first-order valence-electron chi connectivity index (χ1n) is 8.21. The van der Waals surface area contributed by atoms with E-state index in [-0.39, 0.29) is 24.8 Å². The summed E-state index contributed by atoms with van der Waals surface area (Å²) in [7, 11) is 0. The van der Waals surface area contributed by atoms with Crippen molar-refractivity contribution >= 4 is 17.5 Å². The summed E-state index contributed by atoms with van der Waals surface area (Å²) in [5, 5.41) is 10.5. The van der Waals surface area contributed by atoms with Gasteiger partial charge in [-0.05, 0) is 30.7 Å². The number of aromatic nitrogens is 2. The van der Waals surface area contributed by atoms with Gasteiger partial charge in [0.05, 0.1) is 12.5 Å². The molecule has 0 saturated heterocycles. The van der Waals surface area contributed by atoms with Crippen molar-refractivity contribution in [1.82, 2.24) is 15.1 Å². The van der Waals surface area contributed by atoms with Crippen LogP contribution in [0.5, 0.6) is 0 Å². The first-order chi connectivity index (χ1) is 12.0. The summed E-state index contributed by atoms with van der Waals surface area (Å²) < 4.78 is 19.1. The highest BCUT2D eigenvalue weighted by Crippen LogP contribution is 2.34. The third-order valence-electron chi connectivity index (χ3n) is 4.18. The SMILES string of the molecule is CCc1nnc(CN(CC)C(=O)[C@@H]2CC(=O)Nc3ccc(F)cc32)o1. The molecule has 2 aromatic rings. The van der Waals surface area contributed by atoms with Crippen LogP contribution in [0.4, 0.5) is 10.1 Å². The molecular formula is C17H19FN4O3. The third-order valence-corrected chi connectivity index (χ3v) is 4.18. The predicted molar refractivity (Wildman–Crippen MR) is 87.2 cm³/mol. The van der Waals surface area contributed by atoms with Crippen LogP contribution in [0.1, 0.15) is 43.5 Å². The van der Waals surface area contributed by atoms with Gasteiger partial charge in [0.15, 0.2) is 0 Å². The topological polar surface area (TPSA) is 88.3 Å². The zero-order valence-corrected chi connectivity index (χ0v) is 14.1. The van der Waals surface area contributed by atoms with Crippen molar-refractivity contribution < 1.29 is 18.4 Å². The van der Waals surface area contributed by atoms with Gasteiger partial charge in [-0.2, -0.15) is 0 Å². The second-order valence-corrected chi connectivity index (χ2v) is 5.83. The maximum atomic E-state index is 13.6. The van der Waals surface area contributed by atoms with Gasteiger partial charge in [-0.3, -0.25) is 9.59 Å². The molecule has 0 aliphatic carbocycles. The Morgan fingerprint density at radius 3 is 2.80 bits per heavy atom. The molecule has 2 heterocycles. The molecule has 1 aromatic carbocycles. The first-order valence-corrected chi connectivity index (χ1v) is 8.21. The number of carbonyl (C=O) groups excluding carboxylic acids is 2. The van der Waals surface area contributed by atoms with Gasteiger partial charge in [-0.25, -0.2) is 4.39 Å². The average Bonchev–Trinajstić information content (AvgIpc) is 3.06. The smallest absolute Gasteiger partial charge is 0.235 e. The van der Waals surface area contributed by atoms with Gasteiger partial charge in [0.25, 0.3) is 0 Å². The molecule has 7 nitrogen and oxygen atoms in total. The van der Waals surface area contributed by atoms with E-state index in [0.29, 0.717) is 36.0 Å². The normalized spacial score (nSPS) is 16.3. The van der Waals surface area contributed by atoms with Crippen LogP contribution in [-0.2, 0) is 22.6 Å². The molecular weight excluding hydrogens is 327 g/mol. The molecule has 0 spiro atoms. The standard InChI is InChI=1S/C17H19FN4O3/c1-3-15-20-21-16(25-15)9-22(4-2)17(24)12-8-14(23)19-13-6-5-10(18)7-11(12)13/h5-7,12H,3-4,8-9H2,1-2H3,(H,19,23)/t12-/m1/s1. The van der Waals surface area contributed by atoms with Crippen molar-refractivity contribution in [3.63, 3.8) is 0 Å². The number of hydrogen-bond acceptors (Lipinski definition) is 5. The minimum atomic E-state index is -0.729. The zero-order valence-electron chi connectivity index (χ0n) is 14.1. The van der Waals surface area contributed by atoms with Crippen LogP contribution in [0.2, 0.25) is 0 Å². The Kier molecular flexibility index (Phi) is 4.78. The van der Waals surface area contributed by atoms with E-state index in [4.69, 9.17) is 4.42 Å². The number of carbonyl (C=O) groups is 2. The molecule has 1 aliphatic rings. The quantitative estimate of drug-likeness (QED) is 0.897. The summed E-state index contributed by atoms with van der Waals surface area (Å²) in [6.07, 6.45) is 0.596. The number of benzene rings is 1. The van der Waals surface area contributed by atoms with Gasteiger partial charge in [-0.15, -0.1) is 10.2 Å². The Balaban J connectivity index is 1.85. The molecule has 2 amide bonds. The van der Waals surface area contributed by atoms with Gasteiger partial charge in [0, 0.05) is 25.1 Å². The van der Waals surface area contributed by atoms with Gasteiger partial charge in [0.1, 0.15) is 5.82 Å². The summed E-state index contributed by atoms with van der Waals surface area (Å²) in [5.74, 6) is -0.858. The molecule has 1 N–H and O–H groups in total. The minimum absolute atomic E-state index is 0.0180. The molecule has 1 aliphatic heterocycles. The summed E-state index contributed by atoms with van der Waals surface area (Å²) >= 11 is 0. The molecule has 0 bridgehead atoms. The lowest BCUT2D eigenvalue weighted by Crippen LogP contribution is -2.38. The van der Waals surface area contributed by atoms with E-state index in [0.717, 1.165) is 0 Å². The predicted octanol–water partition coefficient (Wildman–Crippen LogP) is 2.25. The van der Waals surface area contributed by atoms with E-state index in [9.17, 15) is 14.0 Å². The summed E-state index contributed by atoms with van der Waals surface area (Å²) in [6, 6.07) is 4.03. The molecule has 25 heavy (non-hydrogen) atoms. The molecule has 0 saturated carbocycles. The number of nitrogens with zero attached hydrogens (tertiary/aromatic N) is 3. The lowest BCUT2D eigenvalue weighted by Gasteiger charge is -2.29. The lowest BCUT2D eigenvalue weighted by molar-refractivity contribution is -0.135. The molecule has 0 radical (unpaired) electrons. The highest BCUT2D eigenvalue weighted by molar-refractivity contribution is 6.01. The van der Waals surface area contributed by atoms with Crippen LogP contribution in [0.3, 0.4) is 0 Å². The first kappa shape index (κ1) is 17.1. The minimum Gasteiger partial charge on any atom is -0.423 e. The fraction of sp³-hybridized carbons (Fsp3) is 0.412. The van der Waals surface area contributed by atoms with Crippen molar-refractivity contribution in [2.24, 2.45) is 0 Å². The highest BCUT2D eigenvalue weighted by atomic mass is 19.1. The van der Waals surface area contributed by atoms with Crippen LogP contribution in [0.15, 0.2) is 22.6 Å². The Morgan fingerprint density at radius 1 is 1.36 bits per heavy atom. The van der Waals surface area contributed by atoms with E-state index in [2.05, 4.69) is 15.5 Å². The largest absolute Gasteiger partial charge is 0.423 e. The summed E-state index contributed by atoms with van der Waals surface area (Å²) in [5.41, 5.74) is 0.959. The maximum absolute atomic E-state index is 13.6. The maximum Gasteiger partial charge on any atom is 0.235 e. The Labute approximate surface area is 144 Å². The molecule has 132 valence electrons. The van der Waals surface area contributed by atoms with Crippen molar-refractivity contribution in [2.75, 3.05) is 11.9 Å². The number of hydrogen-bond donors (Lipinski definition) is 1. The number of anilines is 1. The molecule has 0 unspecified atom stereocenters. The van der Waals surface area contributed by atoms with Gasteiger partial charge < -0.3 is 14.6 Å². The van der Waals surface area contributed by atoms with Gasteiger partial charge in [0.2, 0.25) is 23.6 Å². The highest BCUT2D eigenvalue weighted by Gasteiger charge is 2.34. The van der Waals surface area contributed by atoms with Crippen LogP contribution < -0.4 is 5.32 Å². The van der Waals surface area contributed by atoms with Crippen LogP contribution >= 0.6 is 0 Å². The van der Waals surface area contributed by atoms with Gasteiger partial charge >= 0.3 is 0 Å². The van der Waals surface area contributed by atoms with Gasteiger partial charge in [-0.1, -0.05) is 6.92 Å². The number of likely N-dealkylation sites (N-methyl/N-ethyl adjacent to an activating group) is 1. The van der Waals surface area contributed by atoms with Crippen molar-refractivity contribution in [3.8, 4) is 0 Å². The number of aryl methyl sites for hydroxylation is 1. The zero-order chi connectivity index (χ0) is 18.0. The lowest BCUT2D eigenvalue weighted by atomic mass is 9.89. The Hall–Kier alpha value is -2.77. The molecule has 3 rings (SSSR count).